The Kier molecular flexibility index (Phi) is 10.1. The minimum atomic E-state index is -1.27. The Morgan fingerprint density at radius 1 is 0.902 bits per heavy atom. The molecule has 0 fully saturated rings. The summed E-state index contributed by atoms with van der Waals surface area (Å²) in [5.41, 5.74) is 2.82. The standard InChI is InChI=1S/C29H25Cl4N3O5/c30-19-3-1-2-15(8-19)13-34-27(38)17-10-22(32)26(23(33)11-17)25(37)12-18(28(39)40)14-35-29(41)36-24-7-4-16-9-20(31)5-6-21(16)24/h1-3,5-6,8-11,18,24H,4,7,12-14H2,(H,34,38)(H,39,40)(H2,35,36,41)/t18-,24+/m0/s1. The summed E-state index contributed by atoms with van der Waals surface area (Å²) in [5.74, 6) is -3.62. The molecular formula is C29H25Cl4N3O5. The number of rotatable bonds is 10. The van der Waals surface area contributed by atoms with Crippen molar-refractivity contribution in [1.29, 1.82) is 0 Å². The van der Waals surface area contributed by atoms with Crippen LogP contribution in [0.15, 0.2) is 54.6 Å². The molecule has 0 heterocycles. The lowest BCUT2D eigenvalue weighted by atomic mass is 9.97. The van der Waals surface area contributed by atoms with Crippen LogP contribution in [0.3, 0.4) is 0 Å². The van der Waals surface area contributed by atoms with E-state index in [4.69, 9.17) is 46.4 Å². The molecule has 0 saturated carbocycles. The largest absolute Gasteiger partial charge is 0.481 e. The van der Waals surface area contributed by atoms with Gasteiger partial charge in [0.05, 0.1) is 27.6 Å². The minimum absolute atomic E-state index is 0.0924. The Balaban J connectivity index is 1.35. The van der Waals surface area contributed by atoms with Crippen molar-refractivity contribution in [3.63, 3.8) is 0 Å². The van der Waals surface area contributed by atoms with Crippen LogP contribution >= 0.6 is 46.4 Å². The summed E-state index contributed by atoms with van der Waals surface area (Å²) in [6.45, 7) is -0.0931. The maximum atomic E-state index is 13.0. The lowest BCUT2D eigenvalue weighted by molar-refractivity contribution is -0.141. The second-order valence-corrected chi connectivity index (χ2v) is 11.3. The van der Waals surface area contributed by atoms with Gasteiger partial charge in [0.15, 0.2) is 5.78 Å². The van der Waals surface area contributed by atoms with Gasteiger partial charge < -0.3 is 21.1 Å². The zero-order valence-corrected chi connectivity index (χ0v) is 24.5. The van der Waals surface area contributed by atoms with E-state index in [1.165, 1.54) is 12.1 Å². The van der Waals surface area contributed by atoms with Gasteiger partial charge in [-0.25, -0.2) is 4.79 Å². The second-order valence-electron chi connectivity index (χ2n) is 9.58. The molecule has 1 aliphatic rings. The van der Waals surface area contributed by atoms with Gasteiger partial charge in [-0.1, -0.05) is 64.6 Å². The number of carboxylic acid groups (broad SMARTS) is 1. The number of aryl methyl sites for hydroxylation is 1. The summed E-state index contributed by atoms with van der Waals surface area (Å²) in [6, 6.07) is 14.3. The van der Waals surface area contributed by atoms with Crippen molar-refractivity contribution in [2.45, 2.75) is 31.8 Å². The van der Waals surface area contributed by atoms with Crippen LogP contribution in [0, 0.1) is 5.92 Å². The van der Waals surface area contributed by atoms with Crippen LogP contribution in [0.2, 0.25) is 20.1 Å². The van der Waals surface area contributed by atoms with Gasteiger partial charge in [0.1, 0.15) is 0 Å². The molecule has 214 valence electrons. The van der Waals surface area contributed by atoms with Gasteiger partial charge in [-0.15, -0.1) is 0 Å². The quantitative estimate of drug-likeness (QED) is 0.189. The number of carbonyl (C=O) groups excluding carboxylic acids is 3. The van der Waals surface area contributed by atoms with Crippen molar-refractivity contribution >= 4 is 70.1 Å². The maximum absolute atomic E-state index is 13.0. The summed E-state index contributed by atoms with van der Waals surface area (Å²) >= 11 is 24.6. The maximum Gasteiger partial charge on any atom is 0.315 e. The summed E-state index contributed by atoms with van der Waals surface area (Å²) < 4.78 is 0. The molecular weight excluding hydrogens is 612 g/mol. The van der Waals surface area contributed by atoms with Gasteiger partial charge in [0, 0.05) is 35.1 Å². The van der Waals surface area contributed by atoms with E-state index in [1.807, 2.05) is 12.1 Å². The van der Waals surface area contributed by atoms with E-state index in [1.54, 1.807) is 30.3 Å². The first-order valence-corrected chi connectivity index (χ1v) is 14.1. The summed E-state index contributed by atoms with van der Waals surface area (Å²) in [5, 5.41) is 18.8. The average molecular weight is 637 g/mol. The van der Waals surface area contributed by atoms with E-state index in [2.05, 4.69) is 16.0 Å². The predicted octanol–water partition coefficient (Wildman–Crippen LogP) is 6.49. The predicted molar refractivity (Wildman–Crippen MR) is 158 cm³/mol. The minimum Gasteiger partial charge on any atom is -0.481 e. The highest BCUT2D eigenvalue weighted by molar-refractivity contribution is 6.40. The first-order chi connectivity index (χ1) is 19.5. The highest BCUT2D eigenvalue weighted by atomic mass is 35.5. The molecule has 0 aromatic heterocycles. The molecule has 0 bridgehead atoms. The topological polar surface area (TPSA) is 125 Å². The van der Waals surface area contributed by atoms with Crippen molar-refractivity contribution in [3.05, 3.63) is 103 Å². The van der Waals surface area contributed by atoms with Crippen molar-refractivity contribution < 1.29 is 24.3 Å². The molecule has 2 atom stereocenters. The number of ketones is 1. The molecule has 0 saturated heterocycles. The highest BCUT2D eigenvalue weighted by Crippen LogP contribution is 2.33. The van der Waals surface area contributed by atoms with Crippen LogP contribution in [0.25, 0.3) is 0 Å². The normalized spacial score (nSPS) is 14.6. The van der Waals surface area contributed by atoms with E-state index in [9.17, 15) is 24.3 Å². The number of urea groups is 1. The van der Waals surface area contributed by atoms with Gasteiger partial charge in [-0.3, -0.25) is 14.4 Å². The van der Waals surface area contributed by atoms with Crippen LogP contribution < -0.4 is 16.0 Å². The van der Waals surface area contributed by atoms with Gasteiger partial charge in [0.2, 0.25) is 0 Å². The number of benzene rings is 3. The molecule has 4 rings (SSSR count). The van der Waals surface area contributed by atoms with Crippen LogP contribution in [-0.2, 0) is 17.8 Å². The molecule has 8 nitrogen and oxygen atoms in total. The Hall–Kier alpha value is -3.30. The molecule has 12 heteroatoms. The van der Waals surface area contributed by atoms with Crippen LogP contribution in [0.1, 0.15) is 56.3 Å². The van der Waals surface area contributed by atoms with Crippen LogP contribution in [-0.4, -0.2) is 35.3 Å². The Morgan fingerprint density at radius 3 is 2.29 bits per heavy atom. The van der Waals surface area contributed by atoms with E-state index >= 15 is 0 Å². The first-order valence-electron chi connectivity index (χ1n) is 12.6. The van der Waals surface area contributed by atoms with Gasteiger partial charge in [-0.2, -0.15) is 0 Å². The molecule has 1 aliphatic carbocycles. The van der Waals surface area contributed by atoms with E-state index < -0.39 is 36.0 Å². The van der Waals surface area contributed by atoms with Crippen molar-refractivity contribution in [2.75, 3.05) is 6.54 Å². The number of carbonyl (C=O) groups is 4. The molecule has 0 aliphatic heterocycles. The molecule has 3 aromatic carbocycles. The number of hydrogen-bond donors (Lipinski definition) is 4. The fourth-order valence-corrected chi connectivity index (χ4v) is 5.74. The molecule has 0 spiro atoms. The smallest absolute Gasteiger partial charge is 0.315 e. The third kappa shape index (κ3) is 7.92. The third-order valence-corrected chi connectivity index (χ3v) is 7.77. The molecule has 3 aromatic rings. The Bertz CT molecular complexity index is 1490. The average Bonchev–Trinajstić information content (AvgIpc) is 3.30. The monoisotopic (exact) mass is 635 g/mol. The highest BCUT2D eigenvalue weighted by Gasteiger charge is 2.28. The van der Waals surface area contributed by atoms with E-state index in [0.29, 0.717) is 16.5 Å². The second kappa shape index (κ2) is 13.6. The van der Waals surface area contributed by atoms with Crippen molar-refractivity contribution in [2.24, 2.45) is 5.92 Å². The first kappa shape index (κ1) is 30.7. The lowest BCUT2D eigenvalue weighted by Crippen LogP contribution is -2.41. The summed E-state index contributed by atoms with van der Waals surface area (Å²) in [7, 11) is 0. The number of halogens is 4. The number of Topliss-reactive ketones (excluding diaryl/α,β-unsaturated/α-hetero) is 1. The fourth-order valence-electron chi connectivity index (χ4n) is 4.64. The Morgan fingerprint density at radius 2 is 1.61 bits per heavy atom. The van der Waals surface area contributed by atoms with E-state index in [0.717, 1.165) is 23.1 Å². The number of amides is 3. The lowest BCUT2D eigenvalue weighted by Gasteiger charge is -2.17. The SMILES string of the molecule is O=C(NC[C@H](CC(=O)c1c(Cl)cc(C(=O)NCc2cccc(Cl)c2)cc1Cl)C(=O)O)N[C@@H]1CCc2cc(Cl)ccc21. The summed E-state index contributed by atoms with van der Waals surface area (Å²) in [6.07, 6.45) is 0.979. The molecule has 4 N–H and O–H groups in total. The van der Waals surface area contributed by atoms with Gasteiger partial charge in [0.25, 0.3) is 5.91 Å². The number of nitrogens with one attached hydrogen (secondary N) is 3. The zero-order valence-electron chi connectivity index (χ0n) is 21.5. The molecule has 0 unspecified atom stereocenters. The fraction of sp³-hybridized carbons (Fsp3) is 0.241. The van der Waals surface area contributed by atoms with Crippen LogP contribution in [0.4, 0.5) is 4.79 Å². The van der Waals surface area contributed by atoms with E-state index in [-0.39, 0.29) is 40.3 Å². The Labute approximate surface area is 256 Å². The molecule has 0 radical (unpaired) electrons. The number of carboxylic acids is 1. The molecule has 3 amide bonds. The number of aliphatic carboxylic acids is 1. The van der Waals surface area contributed by atoms with Crippen molar-refractivity contribution in [1.82, 2.24) is 16.0 Å². The van der Waals surface area contributed by atoms with Crippen LogP contribution in [0.5, 0.6) is 0 Å². The zero-order chi connectivity index (χ0) is 29.7. The summed E-state index contributed by atoms with van der Waals surface area (Å²) in [4.78, 5) is 50.1. The van der Waals surface area contributed by atoms with Gasteiger partial charge in [-0.05, 0) is 65.9 Å². The molecule has 41 heavy (non-hydrogen) atoms. The van der Waals surface area contributed by atoms with Gasteiger partial charge >= 0.3 is 12.0 Å². The van der Waals surface area contributed by atoms with Crippen molar-refractivity contribution in [3.8, 4) is 0 Å². The third-order valence-electron chi connectivity index (χ3n) is 6.70. The number of hydrogen-bond acceptors (Lipinski definition) is 4. The number of fused-ring (bicyclic) bond motifs is 1.